The maximum absolute atomic E-state index is 13.8. The van der Waals surface area contributed by atoms with Crippen molar-refractivity contribution in [3.8, 4) is 0 Å². The van der Waals surface area contributed by atoms with E-state index >= 15 is 0 Å². The maximum atomic E-state index is 13.8. The highest BCUT2D eigenvalue weighted by molar-refractivity contribution is 8.45. The predicted octanol–water partition coefficient (Wildman–Crippen LogP) is 5.51. The van der Waals surface area contributed by atoms with E-state index in [9.17, 15) is 29.0 Å². The molecule has 15 heteroatoms. The van der Waals surface area contributed by atoms with E-state index in [1.807, 2.05) is 11.8 Å². The molecule has 0 bridgehead atoms. The average Bonchev–Trinajstić information content (AvgIpc) is 3.53. The Hall–Kier alpha value is -3.46. The monoisotopic (exact) mass is 613 g/mol. The molecule has 2 N–H and O–H groups in total. The summed E-state index contributed by atoms with van der Waals surface area (Å²) in [5.74, 6) is -0.00804. The van der Waals surface area contributed by atoms with E-state index in [0.717, 1.165) is 37.0 Å². The second-order valence-electron chi connectivity index (χ2n) is 11.4. The van der Waals surface area contributed by atoms with Crippen molar-refractivity contribution < 1.29 is 24.2 Å². The maximum Gasteiger partial charge on any atom is 0.310 e. The Morgan fingerprint density at radius 1 is 1.07 bits per heavy atom. The first-order chi connectivity index (χ1) is 19.7. The van der Waals surface area contributed by atoms with E-state index in [1.165, 1.54) is 17.4 Å². The van der Waals surface area contributed by atoms with Crippen molar-refractivity contribution >= 4 is 38.9 Å². The van der Waals surface area contributed by atoms with Crippen LogP contribution in [0.25, 0.3) is 11.4 Å². The second-order valence-corrected chi connectivity index (χ2v) is 13.8. The minimum Gasteiger partial charge on any atom is -0.363 e. The lowest BCUT2D eigenvalue weighted by Gasteiger charge is -2.40. The molecule has 2 fully saturated rings. The molecule has 2 aromatic heterocycles. The molecule has 1 spiro atoms. The number of rotatable bonds is 7. The van der Waals surface area contributed by atoms with Crippen molar-refractivity contribution in [3.63, 3.8) is 0 Å². The van der Waals surface area contributed by atoms with Crippen LogP contribution in [0.15, 0.2) is 40.0 Å². The van der Waals surface area contributed by atoms with Crippen molar-refractivity contribution in [1.29, 1.82) is 0 Å². The molecule has 1 saturated heterocycles. The number of carbonyl (C=O) groups is 1. The lowest BCUT2D eigenvalue weighted by atomic mass is 9.87. The second kappa shape index (κ2) is 9.27. The normalized spacial score (nSPS) is 20.2. The Bertz CT molecular complexity index is 1660. The molecule has 42 heavy (non-hydrogen) atoms. The van der Waals surface area contributed by atoms with Crippen LogP contribution >= 0.6 is 10.2 Å². The number of benzene rings is 1. The Kier molecular flexibility index (Phi) is 6.32. The van der Waals surface area contributed by atoms with Gasteiger partial charge in [0.1, 0.15) is 17.1 Å². The molecule has 9 nitrogen and oxygen atoms in total. The first kappa shape index (κ1) is 28.6. The number of carbonyl (C=O) groups excluding carboxylic acids is 1. The zero-order valence-electron chi connectivity index (χ0n) is 23.0. The molecule has 6 rings (SSSR count). The number of hydrogen-bond acceptors (Lipinski definition) is 6. The molecule has 2 aliphatic carbocycles. The zero-order valence-corrected chi connectivity index (χ0v) is 23.8. The summed E-state index contributed by atoms with van der Waals surface area (Å²) in [6.45, 7) is 4.04. The number of allylic oxidation sites excluding steroid dienone is 2. The van der Waals surface area contributed by atoms with Gasteiger partial charge in [0, 0.05) is 31.9 Å². The van der Waals surface area contributed by atoms with Gasteiger partial charge in [0.05, 0.1) is 5.69 Å². The van der Waals surface area contributed by atoms with Gasteiger partial charge >= 0.3 is 10.2 Å². The summed E-state index contributed by atoms with van der Waals surface area (Å²) in [6.07, 6.45) is 7.74. The van der Waals surface area contributed by atoms with Gasteiger partial charge in [-0.3, -0.25) is 9.59 Å². The zero-order chi connectivity index (χ0) is 30.0. The largest absolute Gasteiger partial charge is 0.363 e. The number of aromatic nitrogens is 4. The Morgan fingerprint density at radius 2 is 1.76 bits per heavy atom. The third-order valence-electron chi connectivity index (χ3n) is 8.43. The van der Waals surface area contributed by atoms with Gasteiger partial charge in [0.15, 0.2) is 5.82 Å². The van der Waals surface area contributed by atoms with E-state index in [-0.39, 0.29) is 35.7 Å². The van der Waals surface area contributed by atoms with Crippen LogP contribution in [0.3, 0.4) is 0 Å². The smallest absolute Gasteiger partial charge is 0.310 e. The number of nitrogens with one attached hydrogen (secondary N) is 2. The summed E-state index contributed by atoms with van der Waals surface area (Å²) in [5, 5.41) is 10.3. The highest BCUT2D eigenvalue weighted by atomic mass is 32.5. The Labute approximate surface area is 238 Å². The van der Waals surface area contributed by atoms with Crippen LogP contribution in [0.5, 0.6) is 0 Å². The van der Waals surface area contributed by atoms with Gasteiger partial charge in [-0.15, -0.1) is 5.10 Å². The fraction of sp³-hybridized carbons (Fsp3) is 0.481. The van der Waals surface area contributed by atoms with E-state index in [1.54, 1.807) is 4.57 Å². The van der Waals surface area contributed by atoms with Crippen LogP contribution in [0.2, 0.25) is 0 Å². The van der Waals surface area contributed by atoms with Crippen molar-refractivity contribution in [3.05, 3.63) is 52.2 Å². The molecule has 3 aliphatic rings. The summed E-state index contributed by atoms with van der Waals surface area (Å²) in [6, 6.07) is 2.08. The molecule has 0 atom stereocenters. The van der Waals surface area contributed by atoms with E-state index in [2.05, 4.69) is 21.8 Å². The third kappa shape index (κ3) is 5.51. The topological polar surface area (TPSA) is 96.6 Å². The minimum absolute atomic E-state index is 0.0773. The number of piperazine rings is 1. The van der Waals surface area contributed by atoms with Gasteiger partial charge in [-0.25, -0.2) is 0 Å². The van der Waals surface area contributed by atoms with Crippen molar-refractivity contribution in [2.24, 2.45) is 5.41 Å². The number of fused-ring (bicyclic) bond motifs is 1. The molecule has 0 radical (unpaired) electrons. The standard InChI is InChI=1S/C27H32F5N7O2S/c1-2-21-23(37-15-13-33-14-16-37)25(41)39-26(35-24(36-39)18-7-9-27(10-8-18)11-12-27)38(21)17-22(40)34-19-3-5-20(6-4-19)42(28,29,30,31)32/h3-7,33H,2,8-17H2,1H3,(H,34,40). The van der Waals surface area contributed by atoms with Crippen LogP contribution in [-0.4, -0.2) is 51.3 Å². The average molecular weight is 614 g/mol. The summed E-state index contributed by atoms with van der Waals surface area (Å²) in [5.41, 5.74) is 1.94. The number of halogens is 5. The van der Waals surface area contributed by atoms with Crippen LogP contribution in [0.1, 0.15) is 50.5 Å². The van der Waals surface area contributed by atoms with Gasteiger partial charge in [0.2, 0.25) is 11.7 Å². The lowest BCUT2D eigenvalue weighted by Crippen LogP contribution is -2.47. The van der Waals surface area contributed by atoms with Crippen LogP contribution < -0.4 is 21.1 Å². The third-order valence-corrected chi connectivity index (χ3v) is 9.59. The summed E-state index contributed by atoms with van der Waals surface area (Å²) >= 11 is 0. The highest BCUT2D eigenvalue weighted by Gasteiger charge is 2.65. The quantitative estimate of drug-likeness (QED) is 0.342. The molecule has 1 aliphatic heterocycles. The molecular weight excluding hydrogens is 581 g/mol. The minimum atomic E-state index is -9.84. The van der Waals surface area contributed by atoms with Gasteiger partial charge in [-0.05, 0) is 73.8 Å². The molecule has 1 saturated carbocycles. The van der Waals surface area contributed by atoms with Gasteiger partial charge in [0.25, 0.3) is 5.56 Å². The first-order valence-electron chi connectivity index (χ1n) is 14.0. The molecule has 3 heterocycles. The van der Waals surface area contributed by atoms with Gasteiger partial charge in [-0.1, -0.05) is 32.4 Å². The number of nitrogens with zero attached hydrogens (tertiary/aromatic N) is 5. The van der Waals surface area contributed by atoms with E-state index < -0.39 is 21.0 Å². The predicted molar refractivity (Wildman–Crippen MR) is 152 cm³/mol. The SMILES string of the molecule is CCc1c(N2CCNCC2)c(=O)n2nc(C3=CCC4(CC3)CC4)nc2n1CC(=O)Nc1ccc(S(F)(F)(F)(F)F)cc1. The van der Waals surface area contributed by atoms with Crippen molar-refractivity contribution in [2.45, 2.75) is 56.9 Å². The van der Waals surface area contributed by atoms with Gasteiger partial charge in [-0.2, -0.15) is 9.50 Å². The molecule has 0 unspecified atom stereocenters. The molecule has 228 valence electrons. The first-order valence-corrected chi connectivity index (χ1v) is 15.9. The van der Waals surface area contributed by atoms with Crippen molar-refractivity contribution in [1.82, 2.24) is 24.5 Å². The summed E-state index contributed by atoms with van der Waals surface area (Å²) in [7, 11) is -9.84. The van der Waals surface area contributed by atoms with Crippen LogP contribution in [-0.2, 0) is 17.8 Å². The number of amides is 1. The van der Waals surface area contributed by atoms with Gasteiger partial charge < -0.3 is 20.1 Å². The molecule has 3 aromatic rings. The van der Waals surface area contributed by atoms with E-state index in [4.69, 9.17) is 4.98 Å². The van der Waals surface area contributed by atoms with Crippen LogP contribution in [0, 0.1) is 5.41 Å². The highest BCUT2D eigenvalue weighted by Crippen LogP contribution is 3.02. The summed E-state index contributed by atoms with van der Waals surface area (Å²) in [4.78, 5) is 31.6. The number of anilines is 2. The molecular formula is C27H32F5N7O2S. The van der Waals surface area contributed by atoms with Crippen molar-refractivity contribution in [2.75, 3.05) is 36.4 Å². The summed E-state index contributed by atoms with van der Waals surface area (Å²) < 4.78 is 68.4. The molecule has 1 aromatic carbocycles. The number of hydrogen-bond donors (Lipinski definition) is 2. The molecule has 1 amide bonds. The Morgan fingerprint density at radius 3 is 2.33 bits per heavy atom. The fourth-order valence-corrected chi connectivity index (χ4v) is 6.52. The Balaban J connectivity index is 1.37. The fourth-order valence-electron chi connectivity index (χ4n) is 5.87. The van der Waals surface area contributed by atoms with Crippen LogP contribution in [0.4, 0.5) is 30.8 Å². The van der Waals surface area contributed by atoms with E-state index in [0.29, 0.717) is 55.2 Å². The lowest BCUT2D eigenvalue weighted by molar-refractivity contribution is -0.116.